The van der Waals surface area contributed by atoms with Gasteiger partial charge in [-0.3, -0.25) is 9.59 Å². The maximum absolute atomic E-state index is 12.0. The monoisotopic (exact) mass is 338 g/mol. The van der Waals surface area contributed by atoms with E-state index in [0.717, 1.165) is 5.56 Å². The van der Waals surface area contributed by atoms with E-state index in [9.17, 15) is 14.4 Å². The van der Waals surface area contributed by atoms with Gasteiger partial charge >= 0.3 is 12.1 Å². The van der Waals surface area contributed by atoms with E-state index in [0.29, 0.717) is 6.42 Å². The lowest BCUT2D eigenvalue weighted by Crippen LogP contribution is -2.48. The molecule has 1 rings (SSSR count). The molecule has 3 N–H and O–H groups in total. The fourth-order valence-corrected chi connectivity index (χ4v) is 1.83. The van der Waals surface area contributed by atoms with Crippen molar-refractivity contribution < 1.29 is 29.0 Å². The number of benzene rings is 1. The fraction of sp³-hybridized carbons (Fsp3) is 0.438. The molecule has 8 nitrogen and oxygen atoms in total. The zero-order valence-electron chi connectivity index (χ0n) is 13.5. The number of hydrogen-bond donors (Lipinski definition) is 3. The van der Waals surface area contributed by atoms with Crippen LogP contribution in [0, 0.1) is 0 Å². The molecule has 1 unspecified atom stereocenters. The topological polar surface area (TPSA) is 114 Å². The first-order valence-corrected chi connectivity index (χ1v) is 7.49. The van der Waals surface area contributed by atoms with Gasteiger partial charge < -0.3 is 25.2 Å². The van der Waals surface area contributed by atoms with Crippen molar-refractivity contribution in [3.63, 3.8) is 0 Å². The predicted octanol–water partition coefficient (Wildman–Crippen LogP) is 0.343. The molecular formula is C16H22N2O6. The van der Waals surface area contributed by atoms with E-state index in [2.05, 4.69) is 15.4 Å². The number of nitrogens with one attached hydrogen (secondary N) is 2. The molecule has 0 saturated heterocycles. The fourth-order valence-electron chi connectivity index (χ4n) is 1.83. The second kappa shape index (κ2) is 11.0. The molecule has 0 aliphatic heterocycles. The standard InChI is InChI=1S/C16H22N2O6/c1-23-14(20)10-17-15(21)13(8-5-9-19)18-16(22)24-11-12-6-3-2-4-7-12/h2-4,6-7,13,19H,5,8-11H2,1H3,(H,17,21)(H,18,22). The summed E-state index contributed by atoms with van der Waals surface area (Å²) in [6.45, 7) is -0.351. The van der Waals surface area contributed by atoms with Gasteiger partial charge in [-0.2, -0.15) is 0 Å². The number of aliphatic hydroxyl groups is 1. The lowest BCUT2D eigenvalue weighted by molar-refractivity contribution is -0.141. The molecule has 1 aromatic carbocycles. The Labute approximate surface area is 140 Å². The van der Waals surface area contributed by atoms with Crippen molar-refractivity contribution in [3.8, 4) is 0 Å². The maximum Gasteiger partial charge on any atom is 0.408 e. The molecule has 0 spiro atoms. The van der Waals surface area contributed by atoms with E-state index in [-0.39, 0.29) is 26.2 Å². The largest absolute Gasteiger partial charge is 0.468 e. The molecule has 8 heteroatoms. The average Bonchev–Trinajstić information content (AvgIpc) is 2.61. The molecule has 1 aromatic rings. The normalized spacial score (nSPS) is 11.2. The molecular weight excluding hydrogens is 316 g/mol. The summed E-state index contributed by atoms with van der Waals surface area (Å²) in [6, 6.07) is 8.19. The summed E-state index contributed by atoms with van der Waals surface area (Å²) in [4.78, 5) is 34.9. The Hall–Kier alpha value is -2.61. The summed E-state index contributed by atoms with van der Waals surface area (Å²) in [5.74, 6) is -1.15. The Kier molecular flexibility index (Phi) is 8.91. The van der Waals surface area contributed by atoms with Crippen LogP contribution >= 0.6 is 0 Å². The lowest BCUT2D eigenvalue weighted by atomic mass is 10.1. The molecule has 0 aliphatic rings. The van der Waals surface area contributed by atoms with E-state index in [1.54, 1.807) is 12.1 Å². The molecule has 0 aliphatic carbocycles. The van der Waals surface area contributed by atoms with Crippen LogP contribution in [-0.2, 0) is 25.7 Å². The number of aliphatic hydroxyl groups excluding tert-OH is 1. The number of alkyl carbamates (subject to hydrolysis) is 1. The number of rotatable bonds is 9. The van der Waals surface area contributed by atoms with Crippen LogP contribution in [-0.4, -0.2) is 49.4 Å². The molecule has 1 atom stereocenters. The predicted molar refractivity (Wildman–Crippen MR) is 84.9 cm³/mol. The first-order chi connectivity index (χ1) is 11.6. The Morgan fingerprint density at radius 3 is 2.54 bits per heavy atom. The highest BCUT2D eigenvalue weighted by Crippen LogP contribution is 2.02. The van der Waals surface area contributed by atoms with Crippen LogP contribution in [0.5, 0.6) is 0 Å². The maximum atomic E-state index is 12.0. The van der Waals surface area contributed by atoms with Gasteiger partial charge in [-0.15, -0.1) is 0 Å². The van der Waals surface area contributed by atoms with Crippen LogP contribution in [0.1, 0.15) is 18.4 Å². The summed E-state index contributed by atoms with van der Waals surface area (Å²) < 4.78 is 9.48. The summed E-state index contributed by atoms with van der Waals surface area (Å²) in [5.41, 5.74) is 0.815. The van der Waals surface area contributed by atoms with Crippen LogP contribution in [0.2, 0.25) is 0 Å². The van der Waals surface area contributed by atoms with Gasteiger partial charge in [-0.25, -0.2) is 4.79 Å². The van der Waals surface area contributed by atoms with Crippen LogP contribution in [0.4, 0.5) is 4.79 Å². The molecule has 132 valence electrons. The number of carbonyl (C=O) groups excluding carboxylic acids is 3. The van der Waals surface area contributed by atoms with Crippen molar-refractivity contribution in [3.05, 3.63) is 35.9 Å². The molecule has 24 heavy (non-hydrogen) atoms. The molecule has 0 fully saturated rings. The van der Waals surface area contributed by atoms with Crippen molar-refractivity contribution in [2.45, 2.75) is 25.5 Å². The van der Waals surface area contributed by atoms with Gasteiger partial charge in [-0.05, 0) is 18.4 Å². The Morgan fingerprint density at radius 2 is 1.92 bits per heavy atom. The van der Waals surface area contributed by atoms with E-state index in [1.807, 2.05) is 18.2 Å². The number of methoxy groups -OCH3 is 1. The van der Waals surface area contributed by atoms with Crippen LogP contribution in [0.15, 0.2) is 30.3 Å². The summed E-state index contributed by atoms with van der Waals surface area (Å²) in [7, 11) is 1.21. The first-order valence-electron chi connectivity index (χ1n) is 7.49. The van der Waals surface area contributed by atoms with Gasteiger partial charge in [0.05, 0.1) is 7.11 Å². The average molecular weight is 338 g/mol. The number of esters is 1. The molecule has 0 aromatic heterocycles. The lowest BCUT2D eigenvalue weighted by Gasteiger charge is -2.17. The molecule has 0 heterocycles. The summed E-state index contributed by atoms with van der Waals surface area (Å²) in [6.07, 6.45) is -0.228. The van der Waals surface area contributed by atoms with E-state index < -0.39 is 24.0 Å². The molecule has 0 radical (unpaired) electrons. The van der Waals surface area contributed by atoms with E-state index >= 15 is 0 Å². The Bertz CT molecular complexity index is 535. The van der Waals surface area contributed by atoms with Gasteiger partial charge in [0.2, 0.25) is 5.91 Å². The molecule has 2 amide bonds. The minimum atomic E-state index is -0.912. The van der Waals surface area contributed by atoms with Gasteiger partial charge in [0, 0.05) is 6.61 Å². The van der Waals surface area contributed by atoms with Crippen molar-refractivity contribution in [1.82, 2.24) is 10.6 Å². The first kappa shape index (κ1) is 19.4. The SMILES string of the molecule is COC(=O)CNC(=O)C(CCCO)NC(=O)OCc1ccccc1. The Morgan fingerprint density at radius 1 is 1.21 bits per heavy atom. The second-order valence-electron chi connectivity index (χ2n) is 4.92. The van der Waals surface area contributed by atoms with Gasteiger partial charge in [0.15, 0.2) is 0 Å². The zero-order valence-corrected chi connectivity index (χ0v) is 13.5. The highest BCUT2D eigenvalue weighted by Gasteiger charge is 2.21. The van der Waals surface area contributed by atoms with Crippen molar-refractivity contribution in [2.75, 3.05) is 20.3 Å². The highest BCUT2D eigenvalue weighted by molar-refractivity contribution is 5.88. The van der Waals surface area contributed by atoms with Crippen molar-refractivity contribution >= 4 is 18.0 Å². The van der Waals surface area contributed by atoms with Gasteiger partial charge in [0.1, 0.15) is 19.2 Å². The highest BCUT2D eigenvalue weighted by atomic mass is 16.5. The van der Waals surface area contributed by atoms with Crippen LogP contribution in [0.25, 0.3) is 0 Å². The second-order valence-corrected chi connectivity index (χ2v) is 4.92. The summed E-state index contributed by atoms with van der Waals surface area (Å²) in [5, 5.41) is 13.7. The van der Waals surface area contributed by atoms with Crippen LogP contribution in [0.3, 0.4) is 0 Å². The van der Waals surface area contributed by atoms with Crippen LogP contribution < -0.4 is 10.6 Å². The Balaban J connectivity index is 2.49. The van der Waals surface area contributed by atoms with Gasteiger partial charge in [-0.1, -0.05) is 30.3 Å². The summed E-state index contributed by atoms with van der Waals surface area (Å²) >= 11 is 0. The molecule has 0 saturated carbocycles. The van der Waals surface area contributed by atoms with E-state index in [4.69, 9.17) is 9.84 Å². The quantitative estimate of drug-likeness (QED) is 0.560. The molecule has 0 bridgehead atoms. The number of amides is 2. The number of hydrogen-bond acceptors (Lipinski definition) is 6. The minimum Gasteiger partial charge on any atom is -0.468 e. The van der Waals surface area contributed by atoms with Gasteiger partial charge in [0.25, 0.3) is 0 Å². The van der Waals surface area contributed by atoms with Crippen molar-refractivity contribution in [1.29, 1.82) is 0 Å². The number of carbonyl (C=O) groups is 3. The smallest absolute Gasteiger partial charge is 0.408 e. The minimum absolute atomic E-state index is 0.0726. The zero-order chi connectivity index (χ0) is 17.8. The van der Waals surface area contributed by atoms with E-state index in [1.165, 1.54) is 7.11 Å². The van der Waals surface area contributed by atoms with Crippen molar-refractivity contribution in [2.24, 2.45) is 0 Å². The number of ether oxygens (including phenoxy) is 2. The third-order valence-corrected chi connectivity index (χ3v) is 3.11. The third-order valence-electron chi connectivity index (χ3n) is 3.11. The third kappa shape index (κ3) is 7.59.